The number of aliphatic carboxylic acids is 2. The normalized spacial score (nSPS) is 11.3. The predicted octanol–water partition coefficient (Wildman–Crippen LogP) is 1.52. The molecule has 0 bridgehead atoms. The van der Waals surface area contributed by atoms with Crippen LogP contribution in [-0.2, 0) is 16.0 Å². The van der Waals surface area contributed by atoms with Crippen LogP contribution in [0.5, 0.6) is 0 Å². The molecule has 0 radical (unpaired) electrons. The molecule has 0 aliphatic rings. The van der Waals surface area contributed by atoms with Crippen molar-refractivity contribution in [1.29, 1.82) is 0 Å². The first kappa shape index (κ1) is 16.7. The van der Waals surface area contributed by atoms with Gasteiger partial charge in [0.2, 0.25) is 4.84 Å². The van der Waals surface area contributed by atoms with Gasteiger partial charge in [0.25, 0.3) is 0 Å². The number of carboxylic acids is 2. The number of carboxylic acid groups (broad SMARTS) is 2. The monoisotopic (exact) mass is 293 g/mol. The Balaban J connectivity index is 0.000000411. The lowest BCUT2D eigenvalue weighted by Crippen LogP contribution is -2.32. The van der Waals surface area contributed by atoms with E-state index in [9.17, 15) is 9.59 Å². The second kappa shape index (κ2) is 8.74. The molecule has 1 aromatic rings. The predicted molar refractivity (Wildman–Crippen MR) is 68.9 cm³/mol. The van der Waals surface area contributed by atoms with Gasteiger partial charge in [0, 0.05) is 0 Å². The maximum Gasteiger partial charge on any atom is 0.337 e. The van der Waals surface area contributed by atoms with E-state index in [1.807, 2.05) is 30.3 Å². The molecule has 18 heavy (non-hydrogen) atoms. The van der Waals surface area contributed by atoms with Crippen LogP contribution in [0.2, 0.25) is 0 Å². The fourth-order valence-corrected chi connectivity index (χ4v) is 0.955. The van der Waals surface area contributed by atoms with E-state index in [0.717, 1.165) is 5.56 Å². The van der Waals surface area contributed by atoms with E-state index in [4.69, 9.17) is 39.1 Å². The lowest BCUT2D eigenvalue weighted by molar-refractivity contribution is -0.138. The Morgan fingerprint density at radius 3 is 1.89 bits per heavy atom. The molecule has 1 atom stereocenters. The summed E-state index contributed by atoms with van der Waals surface area (Å²) in [5.41, 5.74) is 6.30. The number of alkyl halides is 2. The SMILES string of the molecule is N[C@@H](Cc1ccccc1)C(=O)O.O=C(O)C(Cl)Cl. The third-order valence-corrected chi connectivity index (χ3v) is 2.18. The molecule has 0 saturated heterocycles. The van der Waals surface area contributed by atoms with Crippen LogP contribution < -0.4 is 5.73 Å². The van der Waals surface area contributed by atoms with Gasteiger partial charge in [0.05, 0.1) is 0 Å². The van der Waals surface area contributed by atoms with Gasteiger partial charge in [-0.1, -0.05) is 53.5 Å². The third kappa shape index (κ3) is 7.89. The first-order valence-electron chi connectivity index (χ1n) is 4.88. The van der Waals surface area contributed by atoms with Gasteiger partial charge in [-0.3, -0.25) is 4.79 Å². The van der Waals surface area contributed by atoms with Crippen LogP contribution in [0.15, 0.2) is 30.3 Å². The molecule has 0 aliphatic heterocycles. The Morgan fingerprint density at radius 1 is 1.11 bits per heavy atom. The fourth-order valence-electron chi connectivity index (χ4n) is 0.955. The summed E-state index contributed by atoms with van der Waals surface area (Å²) in [6, 6.07) is 8.54. The van der Waals surface area contributed by atoms with E-state index in [1.165, 1.54) is 0 Å². The molecule has 0 heterocycles. The van der Waals surface area contributed by atoms with E-state index in [2.05, 4.69) is 0 Å². The minimum Gasteiger partial charge on any atom is -0.480 e. The Kier molecular flexibility index (Phi) is 8.11. The third-order valence-electron chi connectivity index (χ3n) is 1.80. The summed E-state index contributed by atoms with van der Waals surface area (Å²) in [7, 11) is 0. The average Bonchev–Trinajstić information content (AvgIpc) is 2.30. The lowest BCUT2D eigenvalue weighted by Gasteiger charge is -2.04. The molecule has 0 aromatic heterocycles. The summed E-state index contributed by atoms with van der Waals surface area (Å²) in [5, 5.41) is 16.2. The Morgan fingerprint density at radius 2 is 1.56 bits per heavy atom. The summed E-state index contributed by atoms with van der Waals surface area (Å²) >= 11 is 9.56. The van der Waals surface area contributed by atoms with E-state index in [1.54, 1.807) is 0 Å². The molecule has 0 amide bonds. The van der Waals surface area contributed by atoms with Gasteiger partial charge in [0.1, 0.15) is 6.04 Å². The number of nitrogens with two attached hydrogens (primary N) is 1. The number of rotatable bonds is 4. The first-order chi connectivity index (χ1) is 8.34. The van der Waals surface area contributed by atoms with Crippen molar-refractivity contribution in [2.24, 2.45) is 5.73 Å². The van der Waals surface area contributed by atoms with Crippen LogP contribution >= 0.6 is 23.2 Å². The first-order valence-corrected chi connectivity index (χ1v) is 5.75. The molecule has 0 fully saturated rings. The summed E-state index contributed by atoms with van der Waals surface area (Å²) < 4.78 is 0. The second-order valence-corrected chi connectivity index (χ2v) is 4.37. The van der Waals surface area contributed by atoms with Crippen molar-refractivity contribution in [2.45, 2.75) is 17.3 Å². The highest BCUT2D eigenvalue weighted by atomic mass is 35.5. The molecule has 100 valence electrons. The molecule has 1 aromatic carbocycles. The zero-order chi connectivity index (χ0) is 14.1. The minimum atomic E-state index is -1.29. The van der Waals surface area contributed by atoms with Crippen molar-refractivity contribution < 1.29 is 19.8 Å². The molecule has 1 rings (SSSR count). The van der Waals surface area contributed by atoms with Crippen molar-refractivity contribution >= 4 is 35.1 Å². The quantitative estimate of drug-likeness (QED) is 0.731. The molecular formula is C11H13Cl2NO4. The maximum absolute atomic E-state index is 10.4. The Bertz CT molecular complexity index is 384. The molecule has 0 aliphatic carbocycles. The van der Waals surface area contributed by atoms with Gasteiger partial charge in [-0.05, 0) is 12.0 Å². The van der Waals surface area contributed by atoms with Gasteiger partial charge in [-0.25, -0.2) is 4.79 Å². The van der Waals surface area contributed by atoms with Crippen LogP contribution in [-0.4, -0.2) is 33.0 Å². The van der Waals surface area contributed by atoms with E-state index in [0.29, 0.717) is 6.42 Å². The van der Waals surface area contributed by atoms with Crippen molar-refractivity contribution in [3.63, 3.8) is 0 Å². The minimum absolute atomic E-state index is 0.385. The van der Waals surface area contributed by atoms with Crippen molar-refractivity contribution in [3.05, 3.63) is 35.9 Å². The standard InChI is InChI=1S/C9H11NO2.C2H2Cl2O2/c10-8(9(11)12)6-7-4-2-1-3-5-7;3-1(4)2(5)6/h1-5,8H,6,10H2,(H,11,12);1H,(H,5,6)/t8-;/m0./s1. The van der Waals surface area contributed by atoms with E-state index >= 15 is 0 Å². The van der Waals surface area contributed by atoms with Gasteiger partial charge in [-0.2, -0.15) is 0 Å². The average molecular weight is 294 g/mol. The molecular weight excluding hydrogens is 281 g/mol. The number of hydrogen-bond donors (Lipinski definition) is 3. The lowest BCUT2D eigenvalue weighted by atomic mass is 10.1. The van der Waals surface area contributed by atoms with E-state index in [-0.39, 0.29) is 0 Å². The van der Waals surface area contributed by atoms with Crippen LogP contribution in [0.1, 0.15) is 5.56 Å². The summed E-state index contributed by atoms with van der Waals surface area (Å²) in [4.78, 5) is 18.5. The highest BCUT2D eigenvalue weighted by molar-refractivity contribution is 6.52. The van der Waals surface area contributed by atoms with E-state index < -0.39 is 22.8 Å². The maximum atomic E-state index is 10.4. The molecule has 7 heteroatoms. The zero-order valence-electron chi connectivity index (χ0n) is 9.29. The zero-order valence-corrected chi connectivity index (χ0v) is 10.8. The molecule has 5 nitrogen and oxygen atoms in total. The van der Waals surface area contributed by atoms with Crippen LogP contribution in [0, 0.1) is 0 Å². The number of carbonyl (C=O) groups is 2. The number of benzene rings is 1. The van der Waals surface area contributed by atoms with Crippen molar-refractivity contribution in [2.75, 3.05) is 0 Å². The van der Waals surface area contributed by atoms with Gasteiger partial charge in [0.15, 0.2) is 0 Å². The van der Waals surface area contributed by atoms with Crippen LogP contribution in [0.4, 0.5) is 0 Å². The molecule has 0 unspecified atom stereocenters. The second-order valence-electron chi connectivity index (χ2n) is 3.27. The smallest absolute Gasteiger partial charge is 0.337 e. The Labute approximate surface area is 114 Å². The summed E-state index contributed by atoms with van der Waals surface area (Å²) in [5.74, 6) is -2.17. The summed E-state index contributed by atoms with van der Waals surface area (Å²) in [6.45, 7) is 0. The van der Waals surface area contributed by atoms with Crippen molar-refractivity contribution in [3.8, 4) is 0 Å². The molecule has 4 N–H and O–H groups in total. The number of halogens is 2. The van der Waals surface area contributed by atoms with Gasteiger partial charge < -0.3 is 15.9 Å². The molecule has 0 saturated carbocycles. The Hall–Kier alpha value is -1.30. The van der Waals surface area contributed by atoms with Gasteiger partial charge >= 0.3 is 11.9 Å². The van der Waals surface area contributed by atoms with Crippen molar-refractivity contribution in [1.82, 2.24) is 0 Å². The highest BCUT2D eigenvalue weighted by Crippen LogP contribution is 2.01. The van der Waals surface area contributed by atoms with Gasteiger partial charge in [-0.15, -0.1) is 0 Å². The largest absolute Gasteiger partial charge is 0.480 e. The summed E-state index contributed by atoms with van der Waals surface area (Å²) in [6.07, 6.45) is 0.385. The highest BCUT2D eigenvalue weighted by Gasteiger charge is 2.10. The topological polar surface area (TPSA) is 101 Å². The molecule has 0 spiro atoms. The number of hydrogen-bond acceptors (Lipinski definition) is 3. The van der Waals surface area contributed by atoms with Crippen LogP contribution in [0.25, 0.3) is 0 Å². The fraction of sp³-hybridized carbons (Fsp3) is 0.273. The van der Waals surface area contributed by atoms with Crippen LogP contribution in [0.3, 0.4) is 0 Å².